The first-order valence-electron chi connectivity index (χ1n) is 8.34. The van der Waals surface area contributed by atoms with Crippen LogP contribution in [0.4, 0.5) is 11.4 Å². The summed E-state index contributed by atoms with van der Waals surface area (Å²) in [5.41, 5.74) is 2.62. The van der Waals surface area contributed by atoms with Crippen LogP contribution in [0.25, 0.3) is 0 Å². The molecule has 7 heteroatoms. The van der Waals surface area contributed by atoms with Crippen LogP contribution in [0.1, 0.15) is 32.8 Å². The number of carbonyl (C=O) groups excluding carboxylic acids is 1. The number of benzene rings is 1. The molecule has 0 unspecified atom stereocenters. The molecule has 0 radical (unpaired) electrons. The van der Waals surface area contributed by atoms with Crippen molar-refractivity contribution in [2.45, 2.75) is 34.1 Å². The van der Waals surface area contributed by atoms with Crippen molar-refractivity contribution in [3.05, 3.63) is 23.8 Å². The van der Waals surface area contributed by atoms with Crippen molar-refractivity contribution in [2.75, 3.05) is 41.6 Å². The molecule has 0 fully saturated rings. The summed E-state index contributed by atoms with van der Waals surface area (Å²) >= 11 is 0. The molecule has 1 aromatic carbocycles. The molecular formula is C17H29N3O3S. The monoisotopic (exact) mass is 355 g/mol. The van der Waals surface area contributed by atoms with E-state index in [1.54, 1.807) is 6.92 Å². The lowest BCUT2D eigenvalue weighted by Crippen LogP contribution is -2.38. The Labute approximate surface area is 145 Å². The first-order valence-corrected chi connectivity index (χ1v) is 10.2. The summed E-state index contributed by atoms with van der Waals surface area (Å²) in [7, 11) is -3.42. The molecule has 1 rings (SSSR count). The second-order valence-electron chi connectivity index (χ2n) is 5.68. The average Bonchev–Trinajstić information content (AvgIpc) is 2.52. The number of hydrogen-bond acceptors (Lipinski definition) is 4. The van der Waals surface area contributed by atoms with Crippen LogP contribution >= 0.6 is 0 Å². The molecular weight excluding hydrogens is 326 g/mol. The van der Waals surface area contributed by atoms with Crippen LogP contribution in [0.2, 0.25) is 0 Å². The van der Waals surface area contributed by atoms with Gasteiger partial charge in [-0.05, 0) is 44.5 Å². The van der Waals surface area contributed by atoms with Gasteiger partial charge in [-0.2, -0.15) is 0 Å². The molecule has 1 amide bonds. The van der Waals surface area contributed by atoms with Crippen molar-refractivity contribution >= 4 is 27.3 Å². The maximum Gasteiger partial charge on any atom is 0.232 e. The highest BCUT2D eigenvalue weighted by Gasteiger charge is 2.19. The summed E-state index contributed by atoms with van der Waals surface area (Å²) in [5, 5.41) is 2.72. The van der Waals surface area contributed by atoms with Crippen LogP contribution in [-0.4, -0.2) is 46.8 Å². The quantitative estimate of drug-likeness (QED) is 0.737. The smallest absolute Gasteiger partial charge is 0.232 e. The third-order valence-corrected chi connectivity index (χ3v) is 5.12. The van der Waals surface area contributed by atoms with Gasteiger partial charge >= 0.3 is 0 Å². The van der Waals surface area contributed by atoms with Crippen LogP contribution in [0.15, 0.2) is 18.2 Å². The van der Waals surface area contributed by atoms with E-state index >= 15 is 0 Å². The first-order chi connectivity index (χ1) is 11.2. The van der Waals surface area contributed by atoms with E-state index < -0.39 is 10.0 Å². The zero-order valence-electron chi connectivity index (χ0n) is 15.3. The molecule has 0 heterocycles. The number of anilines is 2. The Morgan fingerprint density at radius 1 is 1.17 bits per heavy atom. The van der Waals surface area contributed by atoms with Crippen molar-refractivity contribution in [3.63, 3.8) is 0 Å². The first kappa shape index (κ1) is 20.3. The summed E-state index contributed by atoms with van der Waals surface area (Å²) in [4.78, 5) is 13.6. The van der Waals surface area contributed by atoms with Gasteiger partial charge < -0.3 is 10.2 Å². The van der Waals surface area contributed by atoms with Gasteiger partial charge in [0.2, 0.25) is 15.9 Å². The Morgan fingerprint density at radius 2 is 1.79 bits per heavy atom. The largest absolute Gasteiger partial charge is 0.372 e. The van der Waals surface area contributed by atoms with Gasteiger partial charge in [0.1, 0.15) is 0 Å². The Morgan fingerprint density at radius 3 is 2.25 bits per heavy atom. The minimum atomic E-state index is -3.42. The van der Waals surface area contributed by atoms with E-state index in [2.05, 4.69) is 24.1 Å². The predicted octanol–water partition coefficient (Wildman–Crippen LogP) is 2.13. The maximum absolute atomic E-state index is 12.2. The van der Waals surface area contributed by atoms with Gasteiger partial charge in [0.15, 0.2) is 0 Å². The van der Waals surface area contributed by atoms with Crippen LogP contribution in [0.5, 0.6) is 0 Å². The zero-order valence-corrected chi connectivity index (χ0v) is 16.1. The number of nitrogens with zero attached hydrogens (tertiary/aromatic N) is 2. The number of rotatable bonds is 9. The standard InChI is InChI=1S/C17H29N3O3S/c1-6-17(21)18-11-12-20(24(5,22)23)16-10-9-15(13-14(16)4)19(7-2)8-3/h9-10,13H,6-8,11-12H2,1-5H3,(H,18,21). The van der Waals surface area contributed by atoms with Gasteiger partial charge in [-0.15, -0.1) is 0 Å². The lowest BCUT2D eigenvalue weighted by Gasteiger charge is -2.27. The maximum atomic E-state index is 12.2. The number of nitrogens with one attached hydrogen (secondary N) is 1. The van der Waals surface area contributed by atoms with E-state index in [0.717, 1.165) is 24.3 Å². The molecule has 136 valence electrons. The highest BCUT2D eigenvalue weighted by atomic mass is 32.2. The van der Waals surface area contributed by atoms with Crippen molar-refractivity contribution in [3.8, 4) is 0 Å². The van der Waals surface area contributed by atoms with Gasteiger partial charge in [0.05, 0.1) is 18.5 Å². The third-order valence-electron chi connectivity index (χ3n) is 3.94. The second-order valence-corrected chi connectivity index (χ2v) is 7.59. The number of aryl methyl sites for hydroxylation is 1. The molecule has 0 aliphatic rings. The number of hydrogen-bond donors (Lipinski definition) is 1. The number of amides is 1. The van der Waals surface area contributed by atoms with Crippen molar-refractivity contribution in [2.24, 2.45) is 0 Å². The van der Waals surface area contributed by atoms with E-state index in [0.29, 0.717) is 12.1 Å². The van der Waals surface area contributed by atoms with Crippen molar-refractivity contribution < 1.29 is 13.2 Å². The van der Waals surface area contributed by atoms with Crippen LogP contribution in [0.3, 0.4) is 0 Å². The van der Waals surface area contributed by atoms with Gasteiger partial charge in [-0.1, -0.05) is 6.92 Å². The van der Waals surface area contributed by atoms with E-state index in [1.807, 2.05) is 25.1 Å². The molecule has 0 atom stereocenters. The van der Waals surface area contributed by atoms with Crippen molar-refractivity contribution in [1.29, 1.82) is 0 Å². The summed E-state index contributed by atoms with van der Waals surface area (Å²) in [6.45, 7) is 10.2. The molecule has 0 aliphatic heterocycles. The van der Waals surface area contributed by atoms with Crippen LogP contribution in [-0.2, 0) is 14.8 Å². The fraction of sp³-hybridized carbons (Fsp3) is 0.588. The highest BCUT2D eigenvalue weighted by Crippen LogP contribution is 2.27. The molecule has 0 aliphatic carbocycles. The van der Waals surface area contributed by atoms with E-state index in [-0.39, 0.29) is 19.0 Å². The summed E-state index contributed by atoms with van der Waals surface area (Å²) in [5.74, 6) is -0.0861. The molecule has 0 saturated carbocycles. The third kappa shape index (κ3) is 5.40. The Kier molecular flexibility index (Phi) is 7.54. The molecule has 6 nitrogen and oxygen atoms in total. The summed E-state index contributed by atoms with van der Waals surface area (Å²) in [6.07, 6.45) is 1.57. The lowest BCUT2D eigenvalue weighted by atomic mass is 10.1. The molecule has 0 bridgehead atoms. The van der Waals surface area contributed by atoms with Gasteiger partial charge in [0, 0.05) is 31.7 Å². The van der Waals surface area contributed by atoms with E-state index in [4.69, 9.17) is 0 Å². The predicted molar refractivity (Wildman–Crippen MR) is 100 cm³/mol. The minimum Gasteiger partial charge on any atom is -0.372 e. The van der Waals surface area contributed by atoms with Crippen molar-refractivity contribution in [1.82, 2.24) is 5.32 Å². The lowest BCUT2D eigenvalue weighted by molar-refractivity contribution is -0.120. The Hall–Kier alpha value is -1.76. The van der Waals surface area contributed by atoms with Crippen LogP contribution < -0.4 is 14.5 Å². The topological polar surface area (TPSA) is 69.7 Å². The molecule has 24 heavy (non-hydrogen) atoms. The summed E-state index contributed by atoms with van der Waals surface area (Å²) < 4.78 is 25.7. The fourth-order valence-electron chi connectivity index (χ4n) is 2.59. The highest BCUT2D eigenvalue weighted by molar-refractivity contribution is 7.92. The minimum absolute atomic E-state index is 0.0861. The Balaban J connectivity index is 3.05. The van der Waals surface area contributed by atoms with E-state index in [1.165, 1.54) is 10.6 Å². The van der Waals surface area contributed by atoms with Gasteiger partial charge in [-0.3, -0.25) is 9.10 Å². The fourth-order valence-corrected chi connectivity index (χ4v) is 3.58. The summed E-state index contributed by atoms with van der Waals surface area (Å²) in [6, 6.07) is 5.79. The van der Waals surface area contributed by atoms with Gasteiger partial charge in [0.25, 0.3) is 0 Å². The molecule has 0 saturated heterocycles. The molecule has 1 aromatic rings. The second kappa shape index (κ2) is 8.92. The SMILES string of the molecule is CCC(=O)NCCN(c1ccc(N(CC)CC)cc1C)S(C)(=O)=O. The average molecular weight is 356 g/mol. The molecule has 0 spiro atoms. The molecule has 0 aromatic heterocycles. The molecule has 1 N–H and O–H groups in total. The normalized spacial score (nSPS) is 11.2. The van der Waals surface area contributed by atoms with E-state index in [9.17, 15) is 13.2 Å². The Bertz CT molecular complexity index is 655. The van der Waals surface area contributed by atoms with Gasteiger partial charge in [-0.25, -0.2) is 8.42 Å². The zero-order chi connectivity index (χ0) is 18.3. The number of carbonyl (C=O) groups is 1. The number of sulfonamides is 1. The van der Waals surface area contributed by atoms with Crippen LogP contribution in [0, 0.1) is 6.92 Å².